The summed E-state index contributed by atoms with van der Waals surface area (Å²) >= 11 is 6.21. The summed E-state index contributed by atoms with van der Waals surface area (Å²) in [6.45, 7) is 3.50. The fourth-order valence-corrected chi connectivity index (χ4v) is 3.40. The largest absolute Gasteiger partial charge is 0.368 e. The van der Waals surface area contributed by atoms with Crippen LogP contribution < -0.4 is 10.2 Å². The van der Waals surface area contributed by atoms with Crippen LogP contribution in [0.2, 0.25) is 5.02 Å². The molecule has 1 aromatic heterocycles. The summed E-state index contributed by atoms with van der Waals surface area (Å²) in [5, 5.41) is 4.27. The number of nitrogens with zero attached hydrogens (tertiary/aromatic N) is 3. The third-order valence-corrected chi connectivity index (χ3v) is 4.53. The number of hydrogen-bond donors (Lipinski definition) is 1. The van der Waals surface area contributed by atoms with Gasteiger partial charge < -0.3 is 10.2 Å². The number of rotatable bonds is 3. The minimum Gasteiger partial charge on any atom is -0.368 e. The first-order valence-electron chi connectivity index (χ1n) is 8.07. The van der Waals surface area contributed by atoms with Crippen molar-refractivity contribution in [3.05, 3.63) is 82.9 Å². The van der Waals surface area contributed by atoms with Crippen LogP contribution in [0.3, 0.4) is 0 Å². The highest BCUT2D eigenvalue weighted by Gasteiger charge is 2.26. The third kappa shape index (κ3) is 3.16. The van der Waals surface area contributed by atoms with E-state index in [0.717, 1.165) is 37.0 Å². The van der Waals surface area contributed by atoms with Gasteiger partial charge in [0.2, 0.25) is 0 Å². The summed E-state index contributed by atoms with van der Waals surface area (Å²) in [7, 11) is 0. The Morgan fingerprint density at radius 1 is 1.17 bits per heavy atom. The van der Waals surface area contributed by atoms with Crippen LogP contribution in [0.5, 0.6) is 0 Å². The minimum atomic E-state index is 0.757. The Balaban J connectivity index is 1.65. The van der Waals surface area contributed by atoms with Gasteiger partial charge in [0.05, 0.1) is 6.67 Å². The zero-order valence-corrected chi connectivity index (χ0v) is 14.1. The van der Waals surface area contributed by atoms with Gasteiger partial charge >= 0.3 is 0 Å². The summed E-state index contributed by atoms with van der Waals surface area (Å²) in [5.74, 6) is 1.19. The first-order chi connectivity index (χ1) is 11.8. The number of benzene rings is 1. The summed E-state index contributed by atoms with van der Waals surface area (Å²) in [5.41, 5.74) is 3.69. The molecule has 0 radical (unpaired) electrons. The fourth-order valence-electron chi connectivity index (χ4n) is 3.21. The van der Waals surface area contributed by atoms with Crippen LogP contribution in [0, 0.1) is 0 Å². The highest BCUT2D eigenvalue weighted by molar-refractivity contribution is 6.30. The van der Waals surface area contributed by atoms with E-state index in [1.54, 1.807) is 0 Å². The Morgan fingerprint density at radius 2 is 2.04 bits per heavy atom. The Labute approximate surface area is 147 Å². The number of anilines is 1. The molecule has 0 bridgehead atoms. The molecule has 122 valence electrons. The number of pyridine rings is 1. The maximum atomic E-state index is 6.21. The average Bonchev–Trinajstić information content (AvgIpc) is 2.62. The van der Waals surface area contributed by atoms with Crippen molar-refractivity contribution in [2.24, 2.45) is 0 Å². The van der Waals surface area contributed by atoms with Crippen molar-refractivity contribution in [2.45, 2.75) is 6.54 Å². The second-order valence-corrected chi connectivity index (χ2v) is 6.49. The molecule has 0 spiro atoms. The van der Waals surface area contributed by atoms with Gasteiger partial charge in [0, 0.05) is 48.3 Å². The number of nitrogens with one attached hydrogen (secondary N) is 1. The van der Waals surface area contributed by atoms with Crippen LogP contribution in [0.1, 0.15) is 5.56 Å². The SMILES string of the molecule is Clc1cccc(N2CN(Cc3ccncc3)CC3=C2NCC=C3)c1. The predicted octanol–water partition coefficient (Wildman–Crippen LogP) is 3.39. The standard InChI is InChI=1S/C19H19ClN4/c20-17-4-1-5-18(11-17)24-14-23(12-15-6-9-21-10-7-15)13-16-3-2-8-22-19(16)24/h1-7,9-11,22H,8,12-14H2. The minimum absolute atomic E-state index is 0.757. The van der Waals surface area contributed by atoms with E-state index < -0.39 is 0 Å². The van der Waals surface area contributed by atoms with Crippen LogP contribution in [-0.2, 0) is 6.54 Å². The number of hydrogen-bond acceptors (Lipinski definition) is 4. The predicted molar refractivity (Wildman–Crippen MR) is 97.6 cm³/mol. The molecule has 2 aliphatic heterocycles. The Hall–Kier alpha value is -2.30. The lowest BCUT2D eigenvalue weighted by Gasteiger charge is -2.41. The van der Waals surface area contributed by atoms with Gasteiger partial charge in [0.15, 0.2) is 0 Å². The van der Waals surface area contributed by atoms with Crippen LogP contribution >= 0.6 is 11.6 Å². The summed E-state index contributed by atoms with van der Waals surface area (Å²) in [6, 6.07) is 12.2. The van der Waals surface area contributed by atoms with Gasteiger partial charge in [-0.15, -0.1) is 0 Å². The molecular formula is C19H19ClN4. The van der Waals surface area contributed by atoms with Gasteiger partial charge in [-0.1, -0.05) is 29.8 Å². The van der Waals surface area contributed by atoms with E-state index >= 15 is 0 Å². The summed E-state index contributed by atoms with van der Waals surface area (Å²) < 4.78 is 0. The molecule has 5 heteroatoms. The van der Waals surface area contributed by atoms with Gasteiger partial charge in [-0.3, -0.25) is 9.88 Å². The van der Waals surface area contributed by atoms with Crippen molar-refractivity contribution in [1.82, 2.24) is 15.2 Å². The molecular weight excluding hydrogens is 320 g/mol. The van der Waals surface area contributed by atoms with Crippen molar-refractivity contribution in [1.29, 1.82) is 0 Å². The lowest BCUT2D eigenvalue weighted by molar-refractivity contribution is 0.276. The van der Waals surface area contributed by atoms with Crippen LogP contribution in [0.25, 0.3) is 0 Å². The normalized spacial score (nSPS) is 17.6. The molecule has 24 heavy (non-hydrogen) atoms. The van der Waals surface area contributed by atoms with Crippen molar-refractivity contribution >= 4 is 17.3 Å². The molecule has 4 nitrogen and oxygen atoms in total. The smallest absolute Gasteiger partial charge is 0.112 e. The van der Waals surface area contributed by atoms with E-state index in [1.807, 2.05) is 30.6 Å². The van der Waals surface area contributed by atoms with Gasteiger partial charge in [0.25, 0.3) is 0 Å². The summed E-state index contributed by atoms with van der Waals surface area (Å²) in [4.78, 5) is 8.83. The van der Waals surface area contributed by atoms with E-state index in [4.69, 9.17) is 11.6 Å². The molecule has 0 unspecified atom stereocenters. The topological polar surface area (TPSA) is 31.4 Å². The lowest BCUT2D eigenvalue weighted by atomic mass is 10.1. The van der Waals surface area contributed by atoms with Gasteiger partial charge in [-0.2, -0.15) is 0 Å². The number of halogens is 1. The zero-order valence-electron chi connectivity index (χ0n) is 13.3. The Bertz CT molecular complexity index is 785. The fraction of sp³-hybridized carbons (Fsp3) is 0.211. The van der Waals surface area contributed by atoms with E-state index in [2.05, 4.69) is 50.5 Å². The molecule has 0 aliphatic carbocycles. The molecule has 1 aromatic carbocycles. The van der Waals surface area contributed by atoms with Crippen LogP contribution in [0.15, 0.2) is 72.3 Å². The van der Waals surface area contributed by atoms with Crippen molar-refractivity contribution in [3.8, 4) is 0 Å². The van der Waals surface area contributed by atoms with E-state index in [-0.39, 0.29) is 0 Å². The quantitative estimate of drug-likeness (QED) is 0.929. The van der Waals surface area contributed by atoms with Gasteiger partial charge in [0.1, 0.15) is 5.82 Å². The molecule has 0 saturated heterocycles. The molecule has 1 N–H and O–H groups in total. The zero-order chi connectivity index (χ0) is 16.4. The average molecular weight is 339 g/mol. The maximum absolute atomic E-state index is 6.21. The lowest BCUT2D eigenvalue weighted by Crippen LogP contribution is -2.48. The van der Waals surface area contributed by atoms with Crippen molar-refractivity contribution in [2.75, 3.05) is 24.7 Å². The van der Waals surface area contributed by atoms with E-state index in [1.165, 1.54) is 17.0 Å². The third-order valence-electron chi connectivity index (χ3n) is 4.29. The first-order valence-corrected chi connectivity index (χ1v) is 8.45. The number of aromatic nitrogens is 1. The van der Waals surface area contributed by atoms with E-state index in [0.29, 0.717) is 0 Å². The molecule has 0 fully saturated rings. The van der Waals surface area contributed by atoms with Crippen molar-refractivity contribution < 1.29 is 0 Å². The highest BCUT2D eigenvalue weighted by atomic mass is 35.5. The maximum Gasteiger partial charge on any atom is 0.112 e. The molecule has 4 rings (SSSR count). The Morgan fingerprint density at radius 3 is 2.88 bits per heavy atom. The first kappa shape index (κ1) is 15.2. The molecule has 0 saturated carbocycles. The van der Waals surface area contributed by atoms with Crippen molar-refractivity contribution in [3.63, 3.8) is 0 Å². The van der Waals surface area contributed by atoms with E-state index in [9.17, 15) is 0 Å². The monoisotopic (exact) mass is 338 g/mol. The molecule has 2 aliphatic rings. The van der Waals surface area contributed by atoms with Crippen LogP contribution in [-0.4, -0.2) is 29.6 Å². The Kier molecular flexibility index (Phi) is 4.24. The highest BCUT2D eigenvalue weighted by Crippen LogP contribution is 2.29. The van der Waals surface area contributed by atoms with Gasteiger partial charge in [-0.05, 0) is 35.9 Å². The second-order valence-electron chi connectivity index (χ2n) is 6.05. The second kappa shape index (κ2) is 6.67. The molecule has 0 amide bonds. The van der Waals surface area contributed by atoms with Gasteiger partial charge in [-0.25, -0.2) is 0 Å². The van der Waals surface area contributed by atoms with Crippen LogP contribution in [0.4, 0.5) is 5.69 Å². The molecule has 2 aromatic rings. The molecule has 0 atom stereocenters. The molecule has 3 heterocycles. The summed E-state index contributed by atoms with van der Waals surface area (Å²) in [6.07, 6.45) is 8.09. The number of dihydropyridines is 1.